The van der Waals surface area contributed by atoms with Crippen molar-refractivity contribution in [2.45, 2.75) is 35.4 Å². The minimum absolute atomic E-state index is 0.160. The third kappa shape index (κ3) is 4.26. The van der Waals surface area contributed by atoms with Crippen molar-refractivity contribution in [2.24, 2.45) is 11.5 Å². The second kappa shape index (κ2) is 7.88. The topological polar surface area (TPSA) is 112 Å². The van der Waals surface area contributed by atoms with Crippen LogP contribution in [0.3, 0.4) is 0 Å². The van der Waals surface area contributed by atoms with Crippen molar-refractivity contribution >= 4 is 27.3 Å². The number of rotatable bonds is 6. The Labute approximate surface area is 163 Å². The second-order valence-corrected chi connectivity index (χ2v) is 9.12. The third-order valence-corrected chi connectivity index (χ3v) is 6.98. The first-order chi connectivity index (χ1) is 12.8. The highest BCUT2D eigenvalue weighted by Gasteiger charge is 2.35. The number of carbonyl (C=O) groups is 1. The molecule has 0 aromatic heterocycles. The molecule has 1 aliphatic rings. The average Bonchev–Trinajstić information content (AvgIpc) is 2.65. The van der Waals surface area contributed by atoms with E-state index in [-0.39, 0.29) is 17.4 Å². The molecule has 0 aliphatic heterocycles. The monoisotopic (exact) mass is 408 g/mol. The number of fused-ring (bicyclic) bond motifs is 1. The van der Waals surface area contributed by atoms with Gasteiger partial charge in [-0.1, -0.05) is 17.7 Å². The first-order valence-corrected chi connectivity index (χ1v) is 10.5. The maximum atomic E-state index is 13.0. The number of nitrogens with two attached hydrogens (primary N) is 2. The number of carbonyl (C=O) groups excluding carboxylic acids is 1. The van der Waals surface area contributed by atoms with E-state index >= 15 is 0 Å². The summed E-state index contributed by atoms with van der Waals surface area (Å²) in [5.41, 5.74) is 13.2. The maximum Gasteiger partial charge on any atom is 0.255 e. The van der Waals surface area contributed by atoms with Crippen LogP contribution in [0.4, 0.5) is 0 Å². The molecule has 2 aromatic carbocycles. The highest BCUT2D eigenvalue weighted by Crippen LogP contribution is 2.38. The minimum Gasteiger partial charge on any atom is -0.484 e. The molecule has 8 heteroatoms. The van der Waals surface area contributed by atoms with Crippen LogP contribution in [0.1, 0.15) is 29.9 Å². The summed E-state index contributed by atoms with van der Waals surface area (Å²) in [5, 5.41) is -0.593. The molecule has 0 bridgehead atoms. The number of hydrogen-bond donors (Lipinski definition) is 2. The highest BCUT2D eigenvalue weighted by molar-refractivity contribution is 7.92. The number of ether oxygens (including phenoxy) is 1. The van der Waals surface area contributed by atoms with E-state index < -0.39 is 21.1 Å². The Morgan fingerprint density at radius 3 is 2.59 bits per heavy atom. The Hall–Kier alpha value is -2.09. The van der Waals surface area contributed by atoms with Crippen LogP contribution in [0, 0.1) is 0 Å². The van der Waals surface area contributed by atoms with E-state index in [9.17, 15) is 13.2 Å². The van der Waals surface area contributed by atoms with Gasteiger partial charge in [0.25, 0.3) is 5.91 Å². The Morgan fingerprint density at radius 2 is 1.93 bits per heavy atom. The summed E-state index contributed by atoms with van der Waals surface area (Å²) >= 11 is 5.85. The zero-order valence-corrected chi connectivity index (χ0v) is 16.2. The molecule has 0 spiro atoms. The van der Waals surface area contributed by atoms with E-state index in [1.54, 1.807) is 18.2 Å². The molecule has 2 unspecified atom stereocenters. The fraction of sp³-hybridized carbons (Fsp3) is 0.316. The van der Waals surface area contributed by atoms with Crippen molar-refractivity contribution in [2.75, 3.05) is 6.61 Å². The zero-order chi connectivity index (χ0) is 19.6. The molecule has 3 rings (SSSR count). The SMILES string of the molecule is NC(=O)COc1ccc2c(c1)CCCC2C(N)S(=O)(=O)c1ccc(Cl)cc1. The molecule has 0 fully saturated rings. The molecule has 27 heavy (non-hydrogen) atoms. The molecule has 1 aliphatic carbocycles. The van der Waals surface area contributed by atoms with Gasteiger partial charge in [0.15, 0.2) is 16.4 Å². The summed E-state index contributed by atoms with van der Waals surface area (Å²) in [7, 11) is -3.70. The Morgan fingerprint density at radius 1 is 1.22 bits per heavy atom. The first kappa shape index (κ1) is 19.7. The van der Waals surface area contributed by atoms with E-state index in [2.05, 4.69) is 0 Å². The van der Waals surface area contributed by atoms with Gasteiger partial charge in [-0.2, -0.15) is 0 Å². The number of primary amides is 1. The Kier molecular flexibility index (Phi) is 5.74. The molecular weight excluding hydrogens is 388 g/mol. The van der Waals surface area contributed by atoms with Gasteiger partial charge in [0.1, 0.15) is 11.1 Å². The lowest BCUT2D eigenvalue weighted by Crippen LogP contribution is -2.38. The number of amides is 1. The molecule has 0 heterocycles. The van der Waals surface area contributed by atoms with Gasteiger partial charge >= 0.3 is 0 Å². The Balaban J connectivity index is 1.88. The van der Waals surface area contributed by atoms with Crippen LogP contribution in [0.15, 0.2) is 47.4 Å². The standard InChI is InChI=1S/C19H21ClN2O4S/c20-13-4-7-15(8-5-13)27(24,25)19(22)17-3-1-2-12-10-14(6-9-16(12)17)26-11-18(21)23/h4-10,17,19H,1-3,11,22H2,(H2,21,23). The van der Waals surface area contributed by atoms with E-state index in [4.69, 9.17) is 27.8 Å². The van der Waals surface area contributed by atoms with Crippen molar-refractivity contribution in [1.82, 2.24) is 0 Å². The van der Waals surface area contributed by atoms with Crippen molar-refractivity contribution < 1.29 is 17.9 Å². The zero-order valence-electron chi connectivity index (χ0n) is 14.6. The summed E-state index contributed by atoms with van der Waals surface area (Å²) in [5.74, 6) is -0.344. The number of benzene rings is 2. The third-order valence-electron chi connectivity index (χ3n) is 4.75. The Bertz CT molecular complexity index is 945. The predicted octanol–water partition coefficient (Wildman–Crippen LogP) is 2.38. The van der Waals surface area contributed by atoms with Gasteiger partial charge in [0.2, 0.25) is 0 Å². The normalized spacial score (nSPS) is 17.8. The quantitative estimate of drug-likeness (QED) is 0.761. The molecular formula is C19H21ClN2O4S. The summed E-state index contributed by atoms with van der Waals surface area (Å²) in [6, 6.07) is 11.4. The van der Waals surface area contributed by atoms with Crippen molar-refractivity contribution in [3.63, 3.8) is 0 Å². The predicted molar refractivity (Wildman–Crippen MR) is 103 cm³/mol. The van der Waals surface area contributed by atoms with Crippen LogP contribution in [0.2, 0.25) is 5.02 Å². The maximum absolute atomic E-state index is 13.0. The van der Waals surface area contributed by atoms with E-state index in [0.29, 0.717) is 17.2 Å². The average molecular weight is 409 g/mol. The number of sulfone groups is 1. The van der Waals surface area contributed by atoms with E-state index in [1.807, 2.05) is 12.1 Å². The van der Waals surface area contributed by atoms with E-state index in [0.717, 1.165) is 24.0 Å². The first-order valence-electron chi connectivity index (χ1n) is 8.58. The molecule has 0 saturated heterocycles. The van der Waals surface area contributed by atoms with E-state index in [1.165, 1.54) is 12.1 Å². The van der Waals surface area contributed by atoms with Gasteiger partial charge in [0, 0.05) is 10.9 Å². The molecule has 6 nitrogen and oxygen atoms in total. The van der Waals surface area contributed by atoms with Crippen LogP contribution >= 0.6 is 11.6 Å². The van der Waals surface area contributed by atoms with Crippen LogP contribution < -0.4 is 16.2 Å². The molecule has 4 N–H and O–H groups in total. The van der Waals surface area contributed by atoms with Crippen LogP contribution in [0.5, 0.6) is 5.75 Å². The molecule has 2 atom stereocenters. The number of halogens is 1. The van der Waals surface area contributed by atoms with Gasteiger partial charge < -0.3 is 16.2 Å². The van der Waals surface area contributed by atoms with Crippen LogP contribution in [0.25, 0.3) is 0 Å². The molecule has 1 amide bonds. The van der Waals surface area contributed by atoms with Gasteiger partial charge in [-0.15, -0.1) is 0 Å². The lowest BCUT2D eigenvalue weighted by atomic mass is 9.82. The molecule has 0 radical (unpaired) electrons. The van der Waals surface area contributed by atoms with Gasteiger partial charge in [-0.05, 0) is 66.8 Å². The van der Waals surface area contributed by atoms with Crippen molar-refractivity contribution in [1.29, 1.82) is 0 Å². The fourth-order valence-electron chi connectivity index (χ4n) is 3.41. The largest absolute Gasteiger partial charge is 0.484 e. The summed E-state index contributed by atoms with van der Waals surface area (Å²) in [6.07, 6.45) is 2.30. The van der Waals surface area contributed by atoms with Crippen LogP contribution in [-0.4, -0.2) is 26.3 Å². The molecule has 2 aromatic rings. The molecule has 0 saturated carbocycles. The smallest absolute Gasteiger partial charge is 0.255 e. The summed E-state index contributed by atoms with van der Waals surface area (Å²) in [6.45, 7) is -0.202. The fourth-order valence-corrected chi connectivity index (χ4v) is 5.08. The highest BCUT2D eigenvalue weighted by atomic mass is 35.5. The minimum atomic E-state index is -3.70. The second-order valence-electron chi connectivity index (χ2n) is 6.58. The van der Waals surface area contributed by atoms with Crippen molar-refractivity contribution in [3.05, 3.63) is 58.6 Å². The molecule has 144 valence electrons. The van der Waals surface area contributed by atoms with Gasteiger partial charge in [-0.3, -0.25) is 4.79 Å². The lowest BCUT2D eigenvalue weighted by molar-refractivity contribution is -0.119. The number of aryl methyl sites for hydroxylation is 1. The van der Waals surface area contributed by atoms with Crippen LogP contribution in [-0.2, 0) is 21.1 Å². The van der Waals surface area contributed by atoms with Crippen molar-refractivity contribution in [3.8, 4) is 5.75 Å². The summed E-state index contributed by atoms with van der Waals surface area (Å²) < 4.78 is 31.2. The van der Waals surface area contributed by atoms with Gasteiger partial charge in [-0.25, -0.2) is 8.42 Å². The number of hydrogen-bond acceptors (Lipinski definition) is 5. The van der Waals surface area contributed by atoms with Gasteiger partial charge in [0.05, 0.1) is 4.90 Å². The summed E-state index contributed by atoms with van der Waals surface area (Å²) in [4.78, 5) is 11.0. The lowest BCUT2D eigenvalue weighted by Gasteiger charge is -2.30.